The van der Waals surface area contributed by atoms with Gasteiger partial charge in [-0.25, -0.2) is 13.1 Å². The maximum atomic E-state index is 13.2. The Labute approximate surface area is 204 Å². The van der Waals surface area contributed by atoms with Gasteiger partial charge in [-0.3, -0.25) is 4.79 Å². The summed E-state index contributed by atoms with van der Waals surface area (Å²) < 4.78 is 35.0. The lowest BCUT2D eigenvalue weighted by atomic mass is 9.94. The number of rotatable bonds is 4. The standard InChI is InChI=1S/C26H27N3O5S/c1-17-11-13-19(14-12-17)35(32,33)27-20-15-28(18(2)30)16-23(26(20)31)29-21-7-3-5-9-24(21)34-25-10-6-4-8-22(25)29/h3-14,20,23,26-27,31H,15-16H2,1-2H3/t20-,23+,26+/m0/s1. The second-order valence-electron chi connectivity index (χ2n) is 8.93. The number of nitrogens with zero attached hydrogens (tertiary/aromatic N) is 2. The topological polar surface area (TPSA) is 99.2 Å². The van der Waals surface area contributed by atoms with Crippen molar-refractivity contribution in [3.05, 3.63) is 78.4 Å². The second kappa shape index (κ2) is 8.99. The van der Waals surface area contributed by atoms with E-state index < -0.39 is 28.2 Å². The fourth-order valence-corrected chi connectivity index (χ4v) is 5.94. The Bertz CT molecular complexity index is 1310. The normalized spacial score (nSPS) is 21.6. The summed E-state index contributed by atoms with van der Waals surface area (Å²) in [7, 11) is -3.93. The summed E-state index contributed by atoms with van der Waals surface area (Å²) >= 11 is 0. The van der Waals surface area contributed by atoms with E-state index in [9.17, 15) is 18.3 Å². The van der Waals surface area contributed by atoms with Gasteiger partial charge in [-0.1, -0.05) is 42.0 Å². The van der Waals surface area contributed by atoms with Gasteiger partial charge in [-0.2, -0.15) is 0 Å². The molecule has 35 heavy (non-hydrogen) atoms. The predicted octanol–water partition coefficient (Wildman–Crippen LogP) is 3.18. The Morgan fingerprint density at radius 1 is 0.943 bits per heavy atom. The van der Waals surface area contributed by atoms with Gasteiger partial charge < -0.3 is 19.6 Å². The van der Waals surface area contributed by atoms with Crippen LogP contribution in [-0.4, -0.2) is 55.6 Å². The molecule has 3 aromatic rings. The Balaban J connectivity index is 1.54. The molecular formula is C26H27N3O5S. The number of carbonyl (C=O) groups excluding carboxylic acids is 1. The van der Waals surface area contributed by atoms with E-state index in [1.165, 1.54) is 19.1 Å². The number of hydrogen-bond acceptors (Lipinski definition) is 6. The van der Waals surface area contributed by atoms with Crippen LogP contribution in [-0.2, 0) is 14.8 Å². The molecule has 1 saturated heterocycles. The molecule has 9 heteroatoms. The number of likely N-dealkylation sites (tertiary alicyclic amines) is 1. The molecule has 3 aromatic carbocycles. The van der Waals surface area contributed by atoms with Gasteiger partial charge in [0.05, 0.1) is 34.5 Å². The number of para-hydroxylation sites is 4. The fraction of sp³-hybridized carbons (Fsp3) is 0.269. The average molecular weight is 494 g/mol. The van der Waals surface area contributed by atoms with Crippen LogP contribution in [0.2, 0.25) is 0 Å². The minimum atomic E-state index is -3.93. The lowest BCUT2D eigenvalue weighted by Crippen LogP contribution is -2.65. The number of carbonyl (C=O) groups is 1. The van der Waals surface area contributed by atoms with Crippen LogP contribution in [0.1, 0.15) is 12.5 Å². The monoisotopic (exact) mass is 493 g/mol. The molecule has 0 aromatic heterocycles. The molecule has 1 fully saturated rings. The summed E-state index contributed by atoms with van der Waals surface area (Å²) in [6.45, 7) is 3.61. The third kappa shape index (κ3) is 4.38. The van der Waals surface area contributed by atoms with Crippen LogP contribution in [0.3, 0.4) is 0 Å². The van der Waals surface area contributed by atoms with Crippen molar-refractivity contribution in [1.29, 1.82) is 0 Å². The summed E-state index contributed by atoms with van der Waals surface area (Å²) in [6.07, 6.45) is -1.11. The SMILES string of the molecule is CC(=O)N1C[C@H](NS(=O)(=O)c2ccc(C)cc2)[C@@H](O)[C@H](N2c3ccccc3Oc3ccccc32)C1. The van der Waals surface area contributed by atoms with Gasteiger partial charge in [-0.05, 0) is 43.3 Å². The maximum Gasteiger partial charge on any atom is 0.240 e. The van der Waals surface area contributed by atoms with Crippen LogP contribution in [0.4, 0.5) is 11.4 Å². The van der Waals surface area contributed by atoms with Crippen molar-refractivity contribution in [3.63, 3.8) is 0 Å². The van der Waals surface area contributed by atoms with Gasteiger partial charge >= 0.3 is 0 Å². The lowest BCUT2D eigenvalue weighted by molar-refractivity contribution is -0.132. The average Bonchev–Trinajstić information content (AvgIpc) is 2.84. The third-order valence-corrected chi connectivity index (χ3v) is 8.02. The number of fused-ring (bicyclic) bond motifs is 2. The molecule has 0 spiro atoms. The van der Waals surface area contributed by atoms with Crippen LogP contribution in [0.5, 0.6) is 11.5 Å². The van der Waals surface area contributed by atoms with Gasteiger partial charge in [0.25, 0.3) is 0 Å². The first-order chi connectivity index (χ1) is 16.7. The molecule has 2 aliphatic heterocycles. The number of ether oxygens (including phenoxy) is 1. The van der Waals surface area contributed by atoms with Crippen molar-refractivity contribution in [2.45, 2.75) is 36.9 Å². The van der Waals surface area contributed by atoms with E-state index in [4.69, 9.17) is 4.74 Å². The van der Waals surface area contributed by atoms with E-state index in [1.54, 1.807) is 17.0 Å². The highest BCUT2D eigenvalue weighted by Crippen LogP contribution is 2.48. The number of nitrogens with one attached hydrogen (secondary N) is 1. The van der Waals surface area contributed by atoms with E-state index in [-0.39, 0.29) is 23.9 Å². The quantitative estimate of drug-likeness (QED) is 0.579. The van der Waals surface area contributed by atoms with Crippen LogP contribution in [0.25, 0.3) is 0 Å². The van der Waals surface area contributed by atoms with Crippen molar-refractivity contribution < 1.29 is 23.1 Å². The molecule has 8 nitrogen and oxygen atoms in total. The van der Waals surface area contributed by atoms with Gasteiger partial charge in [-0.15, -0.1) is 0 Å². The van der Waals surface area contributed by atoms with Crippen LogP contribution in [0.15, 0.2) is 77.7 Å². The molecule has 0 aliphatic carbocycles. The van der Waals surface area contributed by atoms with Gasteiger partial charge in [0, 0.05) is 20.0 Å². The first kappa shape index (κ1) is 23.3. The van der Waals surface area contributed by atoms with Crippen molar-refractivity contribution in [2.75, 3.05) is 18.0 Å². The fourth-order valence-electron chi connectivity index (χ4n) is 4.70. The van der Waals surface area contributed by atoms with E-state index in [1.807, 2.05) is 60.4 Å². The summed E-state index contributed by atoms with van der Waals surface area (Å²) in [5.41, 5.74) is 2.41. The van der Waals surface area contributed by atoms with Crippen molar-refractivity contribution in [2.24, 2.45) is 0 Å². The number of anilines is 2. The molecule has 3 atom stereocenters. The first-order valence-corrected chi connectivity index (χ1v) is 12.9. The number of sulfonamides is 1. The van der Waals surface area contributed by atoms with Crippen LogP contribution < -0.4 is 14.4 Å². The smallest absolute Gasteiger partial charge is 0.240 e. The minimum absolute atomic E-state index is 0.0612. The van der Waals surface area contributed by atoms with Crippen molar-refractivity contribution in [3.8, 4) is 11.5 Å². The van der Waals surface area contributed by atoms with E-state index in [0.29, 0.717) is 11.5 Å². The largest absolute Gasteiger partial charge is 0.453 e. The zero-order valence-corrected chi connectivity index (χ0v) is 20.3. The molecule has 0 saturated carbocycles. The Kier molecular flexibility index (Phi) is 6.00. The zero-order valence-electron chi connectivity index (χ0n) is 19.5. The maximum absolute atomic E-state index is 13.2. The second-order valence-corrected chi connectivity index (χ2v) is 10.6. The molecule has 0 unspecified atom stereocenters. The van der Waals surface area contributed by atoms with Crippen LogP contribution >= 0.6 is 0 Å². The number of aliphatic hydroxyl groups excluding tert-OH is 1. The van der Waals surface area contributed by atoms with Crippen LogP contribution in [0, 0.1) is 6.92 Å². The minimum Gasteiger partial charge on any atom is -0.453 e. The number of piperidine rings is 1. The Hall–Kier alpha value is -3.40. The molecule has 0 radical (unpaired) electrons. The number of amides is 1. The molecule has 0 bridgehead atoms. The number of aryl methyl sites for hydroxylation is 1. The van der Waals surface area contributed by atoms with Crippen molar-refractivity contribution >= 4 is 27.3 Å². The lowest BCUT2D eigenvalue weighted by Gasteiger charge is -2.47. The zero-order chi connectivity index (χ0) is 24.7. The molecule has 1 amide bonds. The number of hydrogen-bond donors (Lipinski definition) is 2. The van der Waals surface area contributed by atoms with Crippen molar-refractivity contribution in [1.82, 2.24) is 9.62 Å². The highest BCUT2D eigenvalue weighted by atomic mass is 32.2. The summed E-state index contributed by atoms with van der Waals surface area (Å²) in [5.74, 6) is 1.04. The first-order valence-electron chi connectivity index (χ1n) is 11.4. The molecule has 182 valence electrons. The third-order valence-electron chi connectivity index (χ3n) is 6.52. The highest BCUT2D eigenvalue weighted by molar-refractivity contribution is 7.89. The number of aliphatic hydroxyl groups is 1. The van der Waals surface area contributed by atoms with E-state index in [0.717, 1.165) is 16.9 Å². The Morgan fingerprint density at radius 2 is 1.51 bits per heavy atom. The number of benzene rings is 3. The summed E-state index contributed by atoms with van der Waals surface area (Å²) in [6, 6.07) is 19.9. The van der Waals surface area contributed by atoms with E-state index in [2.05, 4.69) is 4.72 Å². The predicted molar refractivity (Wildman–Crippen MR) is 132 cm³/mol. The van der Waals surface area contributed by atoms with Gasteiger partial charge in [0.15, 0.2) is 11.5 Å². The summed E-state index contributed by atoms with van der Waals surface area (Å²) in [4.78, 5) is 16.1. The van der Waals surface area contributed by atoms with E-state index >= 15 is 0 Å². The van der Waals surface area contributed by atoms with Gasteiger partial charge in [0.2, 0.25) is 15.9 Å². The highest BCUT2D eigenvalue weighted by Gasteiger charge is 2.44. The Morgan fingerprint density at radius 3 is 2.09 bits per heavy atom. The summed E-state index contributed by atoms with van der Waals surface area (Å²) in [5, 5.41) is 11.5. The molecule has 2 heterocycles. The van der Waals surface area contributed by atoms with Gasteiger partial charge in [0.1, 0.15) is 0 Å². The molecular weight excluding hydrogens is 466 g/mol. The molecule has 2 N–H and O–H groups in total. The molecule has 2 aliphatic rings. The molecule has 5 rings (SSSR count).